The van der Waals surface area contributed by atoms with Crippen molar-refractivity contribution in [2.24, 2.45) is 0 Å². The number of pyridine rings is 1. The Labute approximate surface area is 214 Å². The van der Waals surface area contributed by atoms with Gasteiger partial charge in [0.25, 0.3) is 0 Å². The lowest BCUT2D eigenvalue weighted by atomic mass is 9.80. The van der Waals surface area contributed by atoms with Crippen LogP contribution in [0.4, 0.5) is 0 Å². The third-order valence-electron chi connectivity index (χ3n) is 8.47. The van der Waals surface area contributed by atoms with Crippen LogP contribution in [-0.2, 0) is 11.1 Å². The van der Waals surface area contributed by atoms with Crippen LogP contribution in [0.15, 0.2) is 97.2 Å². The largest absolute Gasteiger partial charge is 0.448 e. The number of benzene rings is 4. The smallest absolute Gasteiger partial charge is 0.347 e. The lowest BCUT2D eigenvalue weighted by Crippen LogP contribution is -2.58. The topological polar surface area (TPSA) is 21.9 Å². The van der Waals surface area contributed by atoms with E-state index in [4.69, 9.17) is 4.74 Å². The van der Waals surface area contributed by atoms with E-state index in [2.05, 4.69) is 132 Å². The summed E-state index contributed by atoms with van der Waals surface area (Å²) in [6.45, 7) is 6.93. The van der Waals surface area contributed by atoms with Gasteiger partial charge in [-0.25, -0.2) is 4.57 Å². The average Bonchev–Trinajstić information content (AvgIpc) is 3.51. The maximum Gasteiger partial charge on any atom is 0.347 e. The van der Waals surface area contributed by atoms with E-state index in [0.717, 1.165) is 17.0 Å². The summed E-state index contributed by atoms with van der Waals surface area (Å²) < 4.78 is 14.3. The SMILES string of the molecule is CC(C)(C)n1c2[n+]3c4c(cccc41)Oc1cc4ccccc4c(c1-3)C21c2ccccc2-c2cccc[n+]21. The number of para-hydroxylation sites is 1. The average molecular weight is 480 g/mol. The number of rotatable bonds is 0. The number of imidazole rings is 1. The van der Waals surface area contributed by atoms with E-state index in [-0.39, 0.29) is 5.54 Å². The molecule has 9 rings (SSSR count). The molecule has 0 amide bonds. The molecule has 0 saturated carbocycles. The van der Waals surface area contributed by atoms with Crippen LogP contribution in [0.3, 0.4) is 0 Å². The van der Waals surface area contributed by atoms with Crippen LogP contribution in [0.5, 0.6) is 11.5 Å². The molecule has 4 heteroatoms. The third kappa shape index (κ3) is 2.03. The van der Waals surface area contributed by atoms with Gasteiger partial charge in [0.1, 0.15) is 5.54 Å². The first-order valence-corrected chi connectivity index (χ1v) is 13.0. The molecule has 6 aromatic rings. The Morgan fingerprint density at radius 1 is 0.811 bits per heavy atom. The molecule has 0 aliphatic carbocycles. The van der Waals surface area contributed by atoms with Gasteiger partial charge in [-0.05, 0) is 61.9 Å². The van der Waals surface area contributed by atoms with E-state index >= 15 is 0 Å². The third-order valence-corrected chi connectivity index (χ3v) is 8.47. The van der Waals surface area contributed by atoms with Crippen LogP contribution in [0.2, 0.25) is 0 Å². The number of hydrogen-bond acceptors (Lipinski definition) is 1. The minimum absolute atomic E-state index is 0.167. The fourth-order valence-corrected chi connectivity index (χ4v) is 7.34. The summed E-state index contributed by atoms with van der Waals surface area (Å²) in [6, 6.07) is 33.0. The van der Waals surface area contributed by atoms with Gasteiger partial charge < -0.3 is 4.74 Å². The Kier molecular flexibility index (Phi) is 3.25. The Balaban J connectivity index is 1.65. The van der Waals surface area contributed by atoms with Crippen molar-refractivity contribution < 1.29 is 13.9 Å². The van der Waals surface area contributed by atoms with Crippen molar-refractivity contribution in [1.29, 1.82) is 0 Å². The second kappa shape index (κ2) is 6.09. The van der Waals surface area contributed by atoms with Crippen molar-refractivity contribution in [3.8, 4) is 28.4 Å². The number of hydrogen-bond donors (Lipinski definition) is 0. The minimum Gasteiger partial charge on any atom is -0.448 e. The first kappa shape index (κ1) is 19.7. The monoisotopic (exact) mass is 479 g/mol. The molecule has 0 saturated heterocycles. The summed E-state index contributed by atoms with van der Waals surface area (Å²) in [5.74, 6) is 3.10. The molecule has 5 heterocycles. The molecule has 176 valence electrons. The zero-order valence-electron chi connectivity index (χ0n) is 21.0. The van der Waals surface area contributed by atoms with Gasteiger partial charge in [-0.2, -0.15) is 9.13 Å². The van der Waals surface area contributed by atoms with Crippen molar-refractivity contribution in [2.75, 3.05) is 0 Å². The highest BCUT2D eigenvalue weighted by atomic mass is 16.5. The van der Waals surface area contributed by atoms with Crippen LogP contribution in [0.1, 0.15) is 37.7 Å². The zero-order valence-corrected chi connectivity index (χ0v) is 21.0. The van der Waals surface area contributed by atoms with E-state index in [1.807, 2.05) is 0 Å². The van der Waals surface area contributed by atoms with Crippen molar-refractivity contribution in [2.45, 2.75) is 31.8 Å². The van der Waals surface area contributed by atoms with Crippen molar-refractivity contribution >= 4 is 21.8 Å². The summed E-state index contributed by atoms with van der Waals surface area (Å²) in [4.78, 5) is 0. The Morgan fingerprint density at radius 2 is 1.62 bits per heavy atom. The molecule has 3 aliphatic heterocycles. The number of aromatic nitrogens is 3. The lowest BCUT2D eigenvalue weighted by molar-refractivity contribution is -0.733. The highest BCUT2D eigenvalue weighted by Gasteiger charge is 2.70. The molecule has 1 spiro atoms. The molecule has 2 aromatic heterocycles. The fourth-order valence-electron chi connectivity index (χ4n) is 7.34. The van der Waals surface area contributed by atoms with E-state index in [9.17, 15) is 0 Å². The molecular formula is C33H25N3O+2. The van der Waals surface area contributed by atoms with Crippen molar-refractivity contribution in [3.05, 3.63) is 114 Å². The first-order chi connectivity index (χ1) is 18.0. The summed E-state index contributed by atoms with van der Waals surface area (Å²) in [5.41, 5.74) is 7.93. The Bertz CT molecular complexity index is 1960. The standard InChI is InChI=1S/C33H25N3O/c1-32(2,3)36-25-16-10-17-26-29(25)35-30-27(37-26)19-20-11-4-5-12-21(20)28(30)33(31(35)36)23-14-7-6-13-22(23)24-15-8-9-18-34(24)33/h4-19H,1-3H3/q+2. The first-order valence-electron chi connectivity index (χ1n) is 13.0. The minimum atomic E-state index is -0.546. The molecule has 1 atom stereocenters. The normalized spacial score (nSPS) is 17.9. The molecule has 37 heavy (non-hydrogen) atoms. The fraction of sp³-hybridized carbons (Fsp3) is 0.152. The summed E-state index contributed by atoms with van der Waals surface area (Å²) >= 11 is 0. The van der Waals surface area contributed by atoms with E-state index in [1.165, 1.54) is 50.2 Å². The maximum absolute atomic E-state index is 6.73. The lowest BCUT2D eigenvalue weighted by Gasteiger charge is -2.25. The van der Waals surface area contributed by atoms with Gasteiger partial charge in [0.05, 0.1) is 16.7 Å². The molecule has 0 bridgehead atoms. The number of fused-ring (bicyclic) bond motifs is 9. The molecule has 4 aromatic carbocycles. The Morgan fingerprint density at radius 3 is 2.51 bits per heavy atom. The number of nitrogens with zero attached hydrogens (tertiary/aromatic N) is 3. The predicted octanol–water partition coefficient (Wildman–Crippen LogP) is 6.35. The molecule has 1 unspecified atom stereocenters. The highest BCUT2D eigenvalue weighted by Crippen LogP contribution is 2.57. The molecule has 0 N–H and O–H groups in total. The van der Waals surface area contributed by atoms with Gasteiger partial charge in [-0.15, -0.1) is 0 Å². The van der Waals surface area contributed by atoms with E-state index in [0.29, 0.717) is 0 Å². The van der Waals surface area contributed by atoms with Gasteiger partial charge in [-0.3, -0.25) is 0 Å². The quantitative estimate of drug-likeness (QED) is 0.232. The highest BCUT2D eigenvalue weighted by molar-refractivity contribution is 5.96. The Hall–Kier alpha value is -4.44. The van der Waals surface area contributed by atoms with Gasteiger partial charge in [0, 0.05) is 12.1 Å². The van der Waals surface area contributed by atoms with E-state index in [1.54, 1.807) is 0 Å². The summed E-state index contributed by atoms with van der Waals surface area (Å²) in [7, 11) is 0. The molecule has 4 nitrogen and oxygen atoms in total. The van der Waals surface area contributed by atoms with Gasteiger partial charge in [0.2, 0.25) is 11.2 Å². The maximum atomic E-state index is 6.73. The van der Waals surface area contributed by atoms with E-state index < -0.39 is 5.54 Å². The van der Waals surface area contributed by atoms with Crippen molar-refractivity contribution in [1.82, 2.24) is 4.57 Å². The summed E-state index contributed by atoms with van der Waals surface area (Å²) in [6.07, 6.45) is 2.26. The van der Waals surface area contributed by atoms with Crippen LogP contribution in [-0.4, -0.2) is 4.57 Å². The molecule has 0 radical (unpaired) electrons. The second-order valence-corrected chi connectivity index (χ2v) is 11.4. The van der Waals surface area contributed by atoms with Crippen LogP contribution in [0.25, 0.3) is 38.8 Å². The molecule has 3 aliphatic rings. The predicted molar refractivity (Wildman–Crippen MR) is 143 cm³/mol. The zero-order chi connectivity index (χ0) is 24.7. The summed E-state index contributed by atoms with van der Waals surface area (Å²) in [5, 5.41) is 2.46. The van der Waals surface area contributed by atoms with Crippen LogP contribution in [0, 0.1) is 0 Å². The molecule has 0 fully saturated rings. The van der Waals surface area contributed by atoms with Gasteiger partial charge in [-0.1, -0.05) is 48.5 Å². The molecular weight excluding hydrogens is 454 g/mol. The van der Waals surface area contributed by atoms with Crippen molar-refractivity contribution in [3.63, 3.8) is 0 Å². The van der Waals surface area contributed by atoms with Crippen LogP contribution >= 0.6 is 0 Å². The number of ether oxygens (including phenoxy) is 1. The van der Waals surface area contributed by atoms with Gasteiger partial charge in [0.15, 0.2) is 28.9 Å². The van der Waals surface area contributed by atoms with Gasteiger partial charge >= 0.3 is 11.4 Å². The van der Waals surface area contributed by atoms with Crippen LogP contribution < -0.4 is 13.9 Å². The second-order valence-electron chi connectivity index (χ2n) is 11.4.